The van der Waals surface area contributed by atoms with E-state index in [9.17, 15) is 0 Å². The number of rotatable bonds is 2. The Kier molecular flexibility index (Phi) is 2.26. The van der Waals surface area contributed by atoms with Gasteiger partial charge in [0.25, 0.3) is 0 Å². The zero-order chi connectivity index (χ0) is 11.7. The quantitative estimate of drug-likeness (QED) is 0.729. The highest BCUT2D eigenvalue weighted by molar-refractivity contribution is 5.93. The van der Waals surface area contributed by atoms with E-state index >= 15 is 0 Å². The molecule has 0 aliphatic carbocycles. The molecule has 0 aliphatic heterocycles. The molecule has 3 aromatic rings. The average molecular weight is 225 g/mol. The largest absolute Gasteiger partial charge is 0.496 e. The van der Waals surface area contributed by atoms with Gasteiger partial charge >= 0.3 is 0 Å². The molecule has 0 atom stereocenters. The standard InChI is InChI=1S/C13H11N3O/c1-17-12-5-6-14-7-10(12)9-3-2-4-11-13(9)16-8-15-11/h2-8H,1H3,(H,15,16). The number of benzene rings is 1. The number of fused-ring (bicyclic) bond motifs is 1. The van der Waals surface area contributed by atoms with Crippen molar-refractivity contribution < 1.29 is 4.74 Å². The number of nitrogens with one attached hydrogen (secondary N) is 1. The topological polar surface area (TPSA) is 50.8 Å². The van der Waals surface area contributed by atoms with Crippen molar-refractivity contribution in [2.75, 3.05) is 7.11 Å². The lowest BCUT2D eigenvalue weighted by atomic mass is 10.1. The van der Waals surface area contributed by atoms with Crippen molar-refractivity contribution in [2.45, 2.75) is 0 Å². The molecule has 0 saturated carbocycles. The molecule has 0 saturated heterocycles. The molecule has 4 nitrogen and oxygen atoms in total. The number of para-hydroxylation sites is 1. The zero-order valence-corrected chi connectivity index (χ0v) is 9.34. The van der Waals surface area contributed by atoms with Crippen LogP contribution in [0.1, 0.15) is 0 Å². The summed E-state index contributed by atoms with van der Waals surface area (Å²) >= 11 is 0. The molecule has 4 heteroatoms. The third-order valence-electron chi connectivity index (χ3n) is 2.74. The van der Waals surface area contributed by atoms with Crippen molar-refractivity contribution in [1.29, 1.82) is 0 Å². The lowest BCUT2D eigenvalue weighted by Crippen LogP contribution is -1.89. The first-order chi connectivity index (χ1) is 8.40. The summed E-state index contributed by atoms with van der Waals surface area (Å²) in [5.74, 6) is 0.801. The van der Waals surface area contributed by atoms with Crippen LogP contribution >= 0.6 is 0 Å². The van der Waals surface area contributed by atoms with Crippen LogP contribution in [0.15, 0.2) is 43.0 Å². The highest BCUT2D eigenvalue weighted by Gasteiger charge is 2.10. The summed E-state index contributed by atoms with van der Waals surface area (Å²) in [6, 6.07) is 7.85. The highest BCUT2D eigenvalue weighted by Crippen LogP contribution is 2.32. The molecule has 0 fully saturated rings. The van der Waals surface area contributed by atoms with Crippen LogP contribution in [0.2, 0.25) is 0 Å². The second kappa shape index (κ2) is 3.90. The van der Waals surface area contributed by atoms with Crippen molar-refractivity contribution in [2.24, 2.45) is 0 Å². The lowest BCUT2D eigenvalue weighted by Gasteiger charge is -2.07. The third-order valence-corrected chi connectivity index (χ3v) is 2.74. The smallest absolute Gasteiger partial charge is 0.129 e. The van der Waals surface area contributed by atoms with Crippen LogP contribution in [-0.2, 0) is 0 Å². The molecular formula is C13H11N3O. The van der Waals surface area contributed by atoms with Crippen LogP contribution in [0.3, 0.4) is 0 Å². The molecule has 0 aliphatic rings. The predicted octanol–water partition coefficient (Wildman–Crippen LogP) is 2.63. The third kappa shape index (κ3) is 1.54. The van der Waals surface area contributed by atoms with Gasteiger partial charge in [0.15, 0.2) is 0 Å². The van der Waals surface area contributed by atoms with E-state index in [1.807, 2.05) is 24.3 Å². The second-order valence-corrected chi connectivity index (χ2v) is 3.68. The van der Waals surface area contributed by atoms with Gasteiger partial charge in [0.2, 0.25) is 0 Å². The molecule has 17 heavy (non-hydrogen) atoms. The first kappa shape index (κ1) is 9.84. The minimum absolute atomic E-state index is 0.801. The Labute approximate surface area is 98.3 Å². The van der Waals surface area contributed by atoms with Crippen molar-refractivity contribution in [1.82, 2.24) is 15.0 Å². The minimum atomic E-state index is 0.801. The van der Waals surface area contributed by atoms with E-state index in [0.717, 1.165) is 27.9 Å². The summed E-state index contributed by atoms with van der Waals surface area (Å²) in [7, 11) is 1.66. The molecule has 0 bridgehead atoms. The Morgan fingerprint density at radius 2 is 2.12 bits per heavy atom. The fraction of sp³-hybridized carbons (Fsp3) is 0.0769. The Morgan fingerprint density at radius 3 is 3.00 bits per heavy atom. The molecule has 1 aromatic carbocycles. The van der Waals surface area contributed by atoms with Crippen molar-refractivity contribution in [3.8, 4) is 16.9 Å². The maximum atomic E-state index is 5.35. The van der Waals surface area contributed by atoms with Crippen molar-refractivity contribution >= 4 is 11.0 Å². The number of aromatic amines is 1. The number of imidazole rings is 1. The van der Waals surface area contributed by atoms with Gasteiger partial charge in [-0.1, -0.05) is 12.1 Å². The molecule has 0 amide bonds. The van der Waals surface area contributed by atoms with Gasteiger partial charge in [0, 0.05) is 23.5 Å². The molecular weight excluding hydrogens is 214 g/mol. The van der Waals surface area contributed by atoms with Gasteiger partial charge in [-0.2, -0.15) is 0 Å². The molecule has 0 spiro atoms. The number of nitrogens with zero attached hydrogens (tertiary/aromatic N) is 2. The van der Waals surface area contributed by atoms with E-state index < -0.39 is 0 Å². The molecule has 84 valence electrons. The van der Waals surface area contributed by atoms with E-state index in [4.69, 9.17) is 4.74 Å². The van der Waals surface area contributed by atoms with Crippen LogP contribution in [0.25, 0.3) is 22.2 Å². The number of methoxy groups -OCH3 is 1. The van der Waals surface area contributed by atoms with Crippen LogP contribution in [0.4, 0.5) is 0 Å². The van der Waals surface area contributed by atoms with E-state index in [-0.39, 0.29) is 0 Å². The number of ether oxygens (including phenoxy) is 1. The minimum Gasteiger partial charge on any atom is -0.496 e. The number of aromatic nitrogens is 3. The van der Waals surface area contributed by atoms with Gasteiger partial charge in [-0.3, -0.25) is 4.98 Å². The van der Waals surface area contributed by atoms with Crippen LogP contribution in [0.5, 0.6) is 5.75 Å². The summed E-state index contributed by atoms with van der Waals surface area (Å²) in [4.78, 5) is 11.6. The fourth-order valence-corrected chi connectivity index (χ4v) is 1.94. The van der Waals surface area contributed by atoms with Gasteiger partial charge in [-0.25, -0.2) is 4.98 Å². The summed E-state index contributed by atoms with van der Waals surface area (Å²) in [5.41, 5.74) is 3.91. The van der Waals surface area contributed by atoms with Gasteiger partial charge < -0.3 is 9.72 Å². The van der Waals surface area contributed by atoms with Gasteiger partial charge in [0.05, 0.1) is 24.5 Å². The predicted molar refractivity (Wildman–Crippen MR) is 65.9 cm³/mol. The average Bonchev–Trinajstić information content (AvgIpc) is 2.86. The van der Waals surface area contributed by atoms with Crippen LogP contribution < -0.4 is 4.74 Å². The number of hydrogen-bond donors (Lipinski definition) is 1. The molecule has 2 heterocycles. The maximum Gasteiger partial charge on any atom is 0.129 e. The van der Waals surface area contributed by atoms with E-state index in [1.54, 1.807) is 25.8 Å². The number of pyridine rings is 1. The SMILES string of the molecule is COc1ccncc1-c1cccc2[nH]cnc12. The molecule has 3 rings (SSSR count). The van der Waals surface area contributed by atoms with Crippen LogP contribution in [-0.4, -0.2) is 22.1 Å². The van der Waals surface area contributed by atoms with Crippen LogP contribution in [0, 0.1) is 0 Å². The summed E-state index contributed by atoms with van der Waals surface area (Å²) in [6.45, 7) is 0. The van der Waals surface area contributed by atoms with E-state index in [1.165, 1.54) is 0 Å². The fourth-order valence-electron chi connectivity index (χ4n) is 1.94. The molecule has 0 unspecified atom stereocenters. The first-order valence-electron chi connectivity index (χ1n) is 5.30. The van der Waals surface area contributed by atoms with E-state index in [0.29, 0.717) is 0 Å². The Bertz CT molecular complexity index is 660. The van der Waals surface area contributed by atoms with Crippen molar-refractivity contribution in [3.05, 3.63) is 43.0 Å². The summed E-state index contributed by atoms with van der Waals surface area (Å²) in [5, 5.41) is 0. The number of H-pyrrole nitrogens is 1. The maximum absolute atomic E-state index is 5.35. The Morgan fingerprint density at radius 1 is 1.18 bits per heavy atom. The monoisotopic (exact) mass is 225 g/mol. The zero-order valence-electron chi connectivity index (χ0n) is 9.34. The number of hydrogen-bond acceptors (Lipinski definition) is 3. The molecule has 0 radical (unpaired) electrons. The second-order valence-electron chi connectivity index (χ2n) is 3.68. The van der Waals surface area contributed by atoms with Crippen molar-refractivity contribution in [3.63, 3.8) is 0 Å². The summed E-state index contributed by atoms with van der Waals surface area (Å²) in [6.07, 6.45) is 5.20. The Hall–Kier alpha value is -2.36. The van der Waals surface area contributed by atoms with E-state index in [2.05, 4.69) is 15.0 Å². The normalized spacial score (nSPS) is 10.6. The molecule has 1 N–H and O–H groups in total. The van der Waals surface area contributed by atoms with Gasteiger partial charge in [-0.15, -0.1) is 0 Å². The molecule has 2 aromatic heterocycles. The van der Waals surface area contributed by atoms with Gasteiger partial charge in [0.1, 0.15) is 5.75 Å². The Balaban J connectivity index is 2.30. The summed E-state index contributed by atoms with van der Waals surface area (Å²) < 4.78 is 5.35. The lowest BCUT2D eigenvalue weighted by molar-refractivity contribution is 0.416. The first-order valence-corrected chi connectivity index (χ1v) is 5.30. The highest BCUT2D eigenvalue weighted by atomic mass is 16.5. The van der Waals surface area contributed by atoms with Gasteiger partial charge in [-0.05, 0) is 12.1 Å².